The first kappa shape index (κ1) is 9.84. The summed E-state index contributed by atoms with van der Waals surface area (Å²) in [5.41, 5.74) is 0.168. The first-order valence-electron chi connectivity index (χ1n) is 4.14. The van der Waals surface area contributed by atoms with Gasteiger partial charge in [-0.25, -0.2) is 4.79 Å². The molecule has 0 saturated carbocycles. The van der Waals surface area contributed by atoms with Gasteiger partial charge >= 0.3 is 6.03 Å². The summed E-state index contributed by atoms with van der Waals surface area (Å²) in [7, 11) is 0. The largest absolute Gasteiger partial charge is 0.336 e. The van der Waals surface area contributed by atoms with Gasteiger partial charge < -0.3 is 10.2 Å². The number of rotatable bonds is 3. The number of amides is 2. The molecule has 0 aliphatic carbocycles. The molecule has 0 unspecified atom stereocenters. The fraction of sp³-hybridized carbons (Fsp3) is 0.875. The van der Waals surface area contributed by atoms with Gasteiger partial charge in [0, 0.05) is 25.0 Å². The predicted octanol–water partition coefficient (Wildman–Crippen LogP) is 1.43. The number of hydrogen-bond acceptors (Lipinski definition) is 1. The fourth-order valence-corrected chi connectivity index (χ4v) is 1.40. The van der Waals surface area contributed by atoms with Gasteiger partial charge in [0.2, 0.25) is 0 Å². The van der Waals surface area contributed by atoms with Crippen LogP contribution in [0.3, 0.4) is 0 Å². The first-order chi connectivity index (χ1) is 5.55. The van der Waals surface area contributed by atoms with Crippen molar-refractivity contribution in [2.75, 3.05) is 25.0 Å². The van der Waals surface area contributed by atoms with Crippen LogP contribution in [0.1, 0.15) is 13.8 Å². The van der Waals surface area contributed by atoms with Gasteiger partial charge in [-0.3, -0.25) is 0 Å². The van der Waals surface area contributed by atoms with Crippen LogP contribution in [0.4, 0.5) is 4.79 Å². The Morgan fingerprint density at radius 1 is 1.67 bits per heavy atom. The summed E-state index contributed by atoms with van der Waals surface area (Å²) in [6.07, 6.45) is 0. The van der Waals surface area contributed by atoms with E-state index in [4.69, 9.17) is 0 Å². The quantitative estimate of drug-likeness (QED) is 0.737. The Labute approximate surface area is 81.6 Å². The van der Waals surface area contributed by atoms with E-state index in [1.54, 1.807) is 0 Å². The SMILES string of the molecule is CC(C)(CBr)CN1CCNC1=O. The zero-order valence-electron chi connectivity index (χ0n) is 7.56. The molecule has 0 aromatic carbocycles. The topological polar surface area (TPSA) is 32.3 Å². The third kappa shape index (κ3) is 2.37. The van der Waals surface area contributed by atoms with E-state index in [0.717, 1.165) is 25.0 Å². The number of hydrogen-bond donors (Lipinski definition) is 1. The van der Waals surface area contributed by atoms with Crippen LogP contribution in [-0.2, 0) is 0 Å². The maximum Gasteiger partial charge on any atom is 0.317 e. The molecule has 70 valence electrons. The number of nitrogens with one attached hydrogen (secondary N) is 1. The summed E-state index contributed by atoms with van der Waals surface area (Å²) in [5, 5.41) is 3.71. The van der Waals surface area contributed by atoms with E-state index in [2.05, 4.69) is 35.1 Å². The van der Waals surface area contributed by atoms with Crippen molar-refractivity contribution in [1.82, 2.24) is 10.2 Å². The lowest BCUT2D eigenvalue weighted by atomic mass is 9.96. The van der Waals surface area contributed by atoms with Crippen molar-refractivity contribution in [3.63, 3.8) is 0 Å². The molecule has 0 bridgehead atoms. The highest BCUT2D eigenvalue weighted by molar-refractivity contribution is 9.09. The maximum atomic E-state index is 11.2. The van der Waals surface area contributed by atoms with E-state index in [1.165, 1.54) is 0 Å². The number of nitrogens with zero attached hydrogens (tertiary/aromatic N) is 1. The normalized spacial score (nSPS) is 18.2. The van der Waals surface area contributed by atoms with Crippen LogP contribution in [0.5, 0.6) is 0 Å². The Kier molecular flexibility index (Phi) is 2.99. The van der Waals surface area contributed by atoms with E-state index in [0.29, 0.717) is 0 Å². The smallest absolute Gasteiger partial charge is 0.317 e. The minimum atomic E-state index is 0.0732. The molecule has 1 heterocycles. The Morgan fingerprint density at radius 3 is 2.75 bits per heavy atom. The molecule has 1 rings (SSSR count). The number of halogens is 1. The van der Waals surface area contributed by atoms with Crippen LogP contribution in [-0.4, -0.2) is 35.9 Å². The second kappa shape index (κ2) is 3.64. The van der Waals surface area contributed by atoms with Crippen molar-refractivity contribution >= 4 is 22.0 Å². The van der Waals surface area contributed by atoms with Crippen molar-refractivity contribution < 1.29 is 4.79 Å². The Bertz CT molecular complexity index is 182. The molecule has 2 amide bonds. The molecule has 0 aromatic rings. The number of carbonyl (C=O) groups is 1. The number of alkyl halides is 1. The highest BCUT2D eigenvalue weighted by Gasteiger charge is 2.26. The zero-order valence-corrected chi connectivity index (χ0v) is 9.15. The molecular weight excluding hydrogens is 220 g/mol. The van der Waals surface area contributed by atoms with Crippen molar-refractivity contribution in [2.24, 2.45) is 5.41 Å². The van der Waals surface area contributed by atoms with Crippen LogP contribution in [0, 0.1) is 5.41 Å². The standard InChI is InChI=1S/C8H15BrN2O/c1-8(2,5-9)6-11-4-3-10-7(11)12/h3-6H2,1-2H3,(H,10,12). The molecule has 1 N–H and O–H groups in total. The predicted molar refractivity (Wildman–Crippen MR) is 52.5 cm³/mol. The van der Waals surface area contributed by atoms with Crippen LogP contribution in [0.15, 0.2) is 0 Å². The highest BCUT2D eigenvalue weighted by Crippen LogP contribution is 2.20. The van der Waals surface area contributed by atoms with Gasteiger partial charge in [-0.15, -0.1) is 0 Å². The summed E-state index contributed by atoms with van der Waals surface area (Å²) in [4.78, 5) is 13.0. The van der Waals surface area contributed by atoms with E-state index in [-0.39, 0.29) is 11.4 Å². The van der Waals surface area contributed by atoms with E-state index in [9.17, 15) is 4.79 Å². The summed E-state index contributed by atoms with van der Waals surface area (Å²) in [6, 6.07) is 0.0732. The lowest BCUT2D eigenvalue weighted by molar-refractivity contribution is 0.197. The monoisotopic (exact) mass is 234 g/mol. The lowest BCUT2D eigenvalue weighted by Crippen LogP contribution is -2.37. The van der Waals surface area contributed by atoms with E-state index >= 15 is 0 Å². The number of carbonyl (C=O) groups excluding carboxylic acids is 1. The van der Waals surface area contributed by atoms with Gasteiger partial charge in [0.05, 0.1) is 0 Å². The van der Waals surface area contributed by atoms with Gasteiger partial charge in [-0.2, -0.15) is 0 Å². The summed E-state index contributed by atoms with van der Waals surface area (Å²) in [5.74, 6) is 0. The molecule has 1 aliphatic rings. The molecule has 3 nitrogen and oxygen atoms in total. The maximum absolute atomic E-state index is 11.2. The Hall–Kier alpha value is -0.250. The van der Waals surface area contributed by atoms with Crippen LogP contribution < -0.4 is 5.32 Å². The third-order valence-electron chi connectivity index (χ3n) is 1.93. The first-order valence-corrected chi connectivity index (χ1v) is 5.26. The minimum Gasteiger partial charge on any atom is -0.336 e. The van der Waals surface area contributed by atoms with Gasteiger partial charge in [0.25, 0.3) is 0 Å². The third-order valence-corrected chi connectivity index (χ3v) is 3.44. The second-order valence-corrected chi connectivity index (χ2v) is 4.51. The molecule has 0 aromatic heterocycles. The van der Waals surface area contributed by atoms with Crippen LogP contribution in [0.25, 0.3) is 0 Å². The minimum absolute atomic E-state index is 0.0732. The van der Waals surface area contributed by atoms with E-state index in [1.807, 2.05) is 4.90 Å². The van der Waals surface area contributed by atoms with Crippen LogP contribution in [0.2, 0.25) is 0 Å². The molecule has 12 heavy (non-hydrogen) atoms. The molecule has 1 saturated heterocycles. The van der Waals surface area contributed by atoms with Gasteiger partial charge in [0.15, 0.2) is 0 Å². The van der Waals surface area contributed by atoms with Gasteiger partial charge in [0.1, 0.15) is 0 Å². The van der Waals surface area contributed by atoms with Crippen LogP contribution >= 0.6 is 15.9 Å². The van der Waals surface area contributed by atoms with Crippen molar-refractivity contribution in [2.45, 2.75) is 13.8 Å². The summed E-state index contributed by atoms with van der Waals surface area (Å²) in [6.45, 7) is 6.75. The summed E-state index contributed by atoms with van der Waals surface area (Å²) < 4.78 is 0. The molecule has 0 atom stereocenters. The van der Waals surface area contributed by atoms with E-state index < -0.39 is 0 Å². The van der Waals surface area contributed by atoms with Gasteiger partial charge in [-0.1, -0.05) is 29.8 Å². The van der Waals surface area contributed by atoms with Crippen molar-refractivity contribution in [1.29, 1.82) is 0 Å². The highest BCUT2D eigenvalue weighted by atomic mass is 79.9. The Morgan fingerprint density at radius 2 is 2.33 bits per heavy atom. The van der Waals surface area contributed by atoms with Gasteiger partial charge in [-0.05, 0) is 5.41 Å². The van der Waals surface area contributed by atoms with Crippen molar-refractivity contribution in [3.8, 4) is 0 Å². The average molecular weight is 235 g/mol. The Balaban J connectivity index is 2.45. The number of urea groups is 1. The molecule has 4 heteroatoms. The molecule has 1 aliphatic heterocycles. The van der Waals surface area contributed by atoms with Crippen molar-refractivity contribution in [3.05, 3.63) is 0 Å². The molecule has 0 spiro atoms. The second-order valence-electron chi connectivity index (χ2n) is 3.95. The zero-order chi connectivity index (χ0) is 9.19. The molecule has 1 fully saturated rings. The average Bonchev–Trinajstić information content (AvgIpc) is 2.36. The fourth-order valence-electron chi connectivity index (χ4n) is 1.22. The lowest BCUT2D eigenvalue weighted by Gasteiger charge is -2.27. The summed E-state index contributed by atoms with van der Waals surface area (Å²) >= 11 is 3.44. The molecule has 0 radical (unpaired) electrons. The molecular formula is C8H15BrN2O.